The van der Waals surface area contributed by atoms with E-state index in [1.165, 1.54) is 6.07 Å². The summed E-state index contributed by atoms with van der Waals surface area (Å²) in [5.41, 5.74) is 0.370. The first-order chi connectivity index (χ1) is 9.56. The van der Waals surface area contributed by atoms with Gasteiger partial charge in [-0.25, -0.2) is 0 Å². The van der Waals surface area contributed by atoms with Crippen LogP contribution in [0.3, 0.4) is 0 Å². The van der Waals surface area contributed by atoms with Gasteiger partial charge >= 0.3 is 0 Å². The van der Waals surface area contributed by atoms with Gasteiger partial charge in [0.15, 0.2) is 0 Å². The van der Waals surface area contributed by atoms with Crippen molar-refractivity contribution in [3.05, 3.63) is 33.8 Å². The van der Waals surface area contributed by atoms with Crippen molar-refractivity contribution in [1.29, 1.82) is 0 Å². The number of carbonyl (C=O) groups is 2. The van der Waals surface area contributed by atoms with E-state index in [4.69, 9.17) is 23.2 Å². The number of amides is 2. The van der Waals surface area contributed by atoms with Gasteiger partial charge in [0.25, 0.3) is 5.91 Å². The summed E-state index contributed by atoms with van der Waals surface area (Å²) in [5, 5.41) is 9.23. The van der Waals surface area contributed by atoms with Crippen molar-refractivity contribution >= 4 is 35.0 Å². The van der Waals surface area contributed by atoms with Crippen LogP contribution in [0.5, 0.6) is 0 Å². The average molecular weight is 316 g/mol. The molecule has 7 heteroatoms. The van der Waals surface area contributed by atoms with Crippen LogP contribution in [0.4, 0.5) is 0 Å². The normalized spacial score (nSPS) is 17.8. The zero-order valence-electron chi connectivity index (χ0n) is 10.7. The third-order valence-electron chi connectivity index (χ3n) is 3.02. The van der Waals surface area contributed by atoms with Crippen molar-refractivity contribution in [3.8, 4) is 0 Å². The highest BCUT2D eigenvalue weighted by molar-refractivity contribution is 6.42. The molecule has 1 aromatic rings. The molecule has 0 radical (unpaired) electrons. The van der Waals surface area contributed by atoms with Gasteiger partial charge in [-0.05, 0) is 31.2 Å². The maximum Gasteiger partial charge on any atom is 0.251 e. The Kier molecular flexibility index (Phi) is 5.23. The van der Waals surface area contributed by atoms with Crippen LogP contribution >= 0.6 is 23.2 Å². The van der Waals surface area contributed by atoms with Gasteiger partial charge < -0.3 is 16.0 Å². The predicted octanol–water partition coefficient (Wildman–Crippen LogP) is 1.20. The fourth-order valence-corrected chi connectivity index (χ4v) is 2.25. The maximum absolute atomic E-state index is 11.8. The van der Waals surface area contributed by atoms with Crippen molar-refractivity contribution in [1.82, 2.24) is 16.0 Å². The van der Waals surface area contributed by atoms with Crippen molar-refractivity contribution in [2.45, 2.75) is 12.5 Å². The first-order valence-corrected chi connectivity index (χ1v) is 7.05. The lowest BCUT2D eigenvalue weighted by Crippen LogP contribution is -2.42. The summed E-state index contributed by atoms with van der Waals surface area (Å²) < 4.78 is 0. The molecular formula is C13H15Cl2N3O2. The van der Waals surface area contributed by atoms with Crippen molar-refractivity contribution in [2.24, 2.45) is 0 Å². The molecule has 108 valence electrons. The van der Waals surface area contributed by atoms with Crippen LogP contribution in [0.15, 0.2) is 18.2 Å². The molecule has 20 heavy (non-hydrogen) atoms. The van der Waals surface area contributed by atoms with Crippen LogP contribution in [0.25, 0.3) is 0 Å². The Labute approximate surface area is 127 Å². The lowest BCUT2D eigenvalue weighted by molar-refractivity contribution is -0.120. The molecule has 1 atom stereocenters. The van der Waals surface area contributed by atoms with Crippen molar-refractivity contribution < 1.29 is 9.59 Å². The fourth-order valence-electron chi connectivity index (χ4n) is 1.96. The third-order valence-corrected chi connectivity index (χ3v) is 3.76. The highest BCUT2D eigenvalue weighted by atomic mass is 35.5. The largest absolute Gasteiger partial charge is 0.351 e. The number of carbonyl (C=O) groups excluding carboxylic acids is 2. The number of hydrogen-bond donors (Lipinski definition) is 3. The van der Waals surface area contributed by atoms with Crippen LogP contribution in [0, 0.1) is 0 Å². The third kappa shape index (κ3) is 4.10. The summed E-state index contributed by atoms with van der Waals surface area (Å²) in [4.78, 5) is 23.5. The van der Waals surface area contributed by atoms with E-state index in [-0.39, 0.29) is 24.4 Å². The van der Waals surface area contributed by atoms with Gasteiger partial charge in [0.05, 0.1) is 16.6 Å². The summed E-state index contributed by atoms with van der Waals surface area (Å²) in [6.07, 6.45) is 0.909. The fraction of sp³-hybridized carbons (Fsp3) is 0.385. The Hall–Kier alpha value is -1.30. The summed E-state index contributed by atoms with van der Waals surface area (Å²) in [7, 11) is 0. The second kappa shape index (κ2) is 6.92. The molecule has 5 nitrogen and oxygen atoms in total. The first kappa shape index (κ1) is 15.1. The van der Waals surface area contributed by atoms with Gasteiger partial charge in [-0.3, -0.25) is 9.59 Å². The Morgan fingerprint density at radius 2 is 2.10 bits per heavy atom. The van der Waals surface area contributed by atoms with Gasteiger partial charge in [-0.1, -0.05) is 23.2 Å². The Morgan fingerprint density at radius 3 is 2.75 bits per heavy atom. The molecule has 0 saturated carbocycles. The standard InChI is InChI=1S/C13H15Cl2N3O2/c14-10-2-1-8(5-11(10)15)13(20)17-7-12(19)18-9-3-4-16-6-9/h1-2,5,9,16H,3-4,6-7H2,(H,17,20)(H,18,19). The lowest BCUT2D eigenvalue weighted by Gasteiger charge is -2.12. The molecule has 1 aliphatic rings. The van der Waals surface area contributed by atoms with Gasteiger partial charge in [0, 0.05) is 18.2 Å². The van der Waals surface area contributed by atoms with Crippen LogP contribution in [-0.2, 0) is 4.79 Å². The van der Waals surface area contributed by atoms with E-state index in [2.05, 4.69) is 16.0 Å². The van der Waals surface area contributed by atoms with Crippen LogP contribution in [0.1, 0.15) is 16.8 Å². The van der Waals surface area contributed by atoms with E-state index >= 15 is 0 Å². The molecule has 1 aromatic carbocycles. The molecule has 2 amide bonds. The second-order valence-corrected chi connectivity index (χ2v) is 5.38. The smallest absolute Gasteiger partial charge is 0.251 e. The average Bonchev–Trinajstić information content (AvgIpc) is 2.92. The van der Waals surface area contributed by atoms with Crippen LogP contribution in [-0.4, -0.2) is 37.5 Å². The van der Waals surface area contributed by atoms with Crippen LogP contribution in [0.2, 0.25) is 10.0 Å². The Morgan fingerprint density at radius 1 is 1.30 bits per heavy atom. The van der Waals surface area contributed by atoms with E-state index in [1.807, 2.05) is 0 Å². The summed E-state index contributed by atoms with van der Waals surface area (Å²) in [6.45, 7) is 1.61. The summed E-state index contributed by atoms with van der Waals surface area (Å²) in [5.74, 6) is -0.560. The molecule has 1 fully saturated rings. The second-order valence-electron chi connectivity index (χ2n) is 4.57. The molecule has 0 bridgehead atoms. The molecule has 0 aliphatic carbocycles. The minimum atomic E-state index is -0.358. The zero-order valence-corrected chi connectivity index (χ0v) is 12.2. The summed E-state index contributed by atoms with van der Waals surface area (Å²) >= 11 is 11.6. The minimum absolute atomic E-state index is 0.0599. The SMILES string of the molecule is O=C(CNC(=O)c1ccc(Cl)c(Cl)c1)NC1CCNC1. The topological polar surface area (TPSA) is 70.2 Å². The number of halogens is 2. The van der Waals surface area contributed by atoms with Gasteiger partial charge in [-0.15, -0.1) is 0 Å². The lowest BCUT2D eigenvalue weighted by atomic mass is 10.2. The Bertz CT molecular complexity index is 516. The zero-order chi connectivity index (χ0) is 14.5. The van der Waals surface area contributed by atoms with E-state index in [9.17, 15) is 9.59 Å². The van der Waals surface area contributed by atoms with Gasteiger partial charge in [-0.2, -0.15) is 0 Å². The molecular weight excluding hydrogens is 301 g/mol. The molecule has 0 spiro atoms. The van der Waals surface area contributed by atoms with E-state index in [1.54, 1.807) is 12.1 Å². The first-order valence-electron chi connectivity index (χ1n) is 6.29. The minimum Gasteiger partial charge on any atom is -0.351 e. The highest BCUT2D eigenvalue weighted by Gasteiger charge is 2.17. The number of nitrogens with one attached hydrogen (secondary N) is 3. The number of rotatable bonds is 4. The van der Waals surface area contributed by atoms with E-state index in [0.29, 0.717) is 15.6 Å². The predicted molar refractivity (Wildman–Crippen MR) is 78.2 cm³/mol. The number of hydrogen-bond acceptors (Lipinski definition) is 3. The molecule has 1 unspecified atom stereocenters. The maximum atomic E-state index is 11.8. The summed E-state index contributed by atoms with van der Waals surface area (Å²) in [6, 6.07) is 4.72. The van der Waals surface area contributed by atoms with Crippen molar-refractivity contribution in [2.75, 3.05) is 19.6 Å². The van der Waals surface area contributed by atoms with Crippen LogP contribution < -0.4 is 16.0 Å². The molecule has 1 saturated heterocycles. The van der Waals surface area contributed by atoms with Gasteiger partial charge in [0.2, 0.25) is 5.91 Å². The highest BCUT2D eigenvalue weighted by Crippen LogP contribution is 2.22. The van der Waals surface area contributed by atoms with Crippen molar-refractivity contribution in [3.63, 3.8) is 0 Å². The molecule has 1 aliphatic heterocycles. The molecule has 2 rings (SSSR count). The van der Waals surface area contributed by atoms with E-state index < -0.39 is 0 Å². The molecule has 1 heterocycles. The Balaban J connectivity index is 1.81. The quantitative estimate of drug-likeness (QED) is 0.782. The molecule has 0 aromatic heterocycles. The monoisotopic (exact) mass is 315 g/mol. The van der Waals surface area contributed by atoms with Gasteiger partial charge in [0.1, 0.15) is 0 Å². The number of benzene rings is 1. The molecule has 3 N–H and O–H groups in total. The van der Waals surface area contributed by atoms with E-state index in [0.717, 1.165) is 19.5 Å².